The van der Waals surface area contributed by atoms with Crippen molar-refractivity contribution in [3.63, 3.8) is 0 Å². The minimum absolute atomic E-state index is 0.0398. The Bertz CT molecular complexity index is 1420. The van der Waals surface area contributed by atoms with E-state index in [0.717, 1.165) is 24.4 Å². The average Bonchev–Trinajstić information content (AvgIpc) is 2.75. The van der Waals surface area contributed by atoms with E-state index in [1.807, 2.05) is 0 Å². The van der Waals surface area contributed by atoms with Crippen LogP contribution in [0.4, 0.5) is 26.3 Å². The molecular weight excluding hydrogens is 416 g/mol. The first kappa shape index (κ1) is 13.6. The van der Waals surface area contributed by atoms with E-state index >= 15 is 0 Å². The molecule has 0 saturated carbocycles. The number of benzene rings is 2. The fourth-order valence-corrected chi connectivity index (χ4v) is 3.25. The molecule has 3 aromatic rings. The molecular formula is C24H22F6N+. The van der Waals surface area contributed by atoms with Gasteiger partial charge in [0.25, 0.3) is 0 Å². The lowest BCUT2D eigenvalue weighted by Gasteiger charge is -2.17. The van der Waals surface area contributed by atoms with Gasteiger partial charge in [-0.3, -0.25) is 0 Å². The van der Waals surface area contributed by atoms with E-state index in [4.69, 9.17) is 12.3 Å². The van der Waals surface area contributed by atoms with Crippen LogP contribution in [0.25, 0.3) is 22.4 Å². The van der Waals surface area contributed by atoms with Gasteiger partial charge in [-0.15, -0.1) is 0 Å². The summed E-state index contributed by atoms with van der Waals surface area (Å²) < 4.78 is 153. The van der Waals surface area contributed by atoms with Crippen molar-refractivity contribution in [2.24, 2.45) is 7.05 Å². The Labute approximate surface area is 189 Å². The largest absolute Gasteiger partial charge is 0.416 e. The van der Waals surface area contributed by atoms with Gasteiger partial charge in [0, 0.05) is 29.5 Å². The molecule has 0 aliphatic rings. The molecule has 0 fully saturated rings. The van der Waals surface area contributed by atoms with Crippen LogP contribution >= 0.6 is 0 Å². The number of halogens is 6. The molecule has 0 N–H and O–H groups in total. The van der Waals surface area contributed by atoms with Crippen molar-refractivity contribution in [2.75, 3.05) is 0 Å². The summed E-state index contributed by atoms with van der Waals surface area (Å²) in [6.07, 6.45) is -9.32. The van der Waals surface area contributed by atoms with Crippen LogP contribution in [0.15, 0.2) is 42.6 Å². The fraction of sp³-hybridized carbons (Fsp3) is 0.292. The van der Waals surface area contributed by atoms with Gasteiger partial charge in [-0.25, -0.2) is 4.57 Å². The van der Waals surface area contributed by atoms with E-state index in [-0.39, 0.29) is 22.9 Å². The van der Waals surface area contributed by atoms with Crippen LogP contribution < -0.4 is 4.57 Å². The summed E-state index contributed by atoms with van der Waals surface area (Å²) in [5.41, 5.74) is -5.67. The second-order valence-corrected chi connectivity index (χ2v) is 7.10. The van der Waals surface area contributed by atoms with Crippen LogP contribution in [0.5, 0.6) is 0 Å². The molecule has 3 rings (SSSR count). The molecule has 0 amide bonds. The third-order valence-corrected chi connectivity index (χ3v) is 4.81. The molecule has 0 bridgehead atoms. The maximum atomic E-state index is 13.6. The topological polar surface area (TPSA) is 3.88 Å². The zero-order valence-corrected chi connectivity index (χ0v) is 16.3. The first-order valence-corrected chi connectivity index (χ1v) is 8.82. The summed E-state index contributed by atoms with van der Waals surface area (Å²) in [7, 11) is 1.37. The Morgan fingerprint density at radius 2 is 1.26 bits per heavy atom. The lowest BCUT2D eigenvalue weighted by atomic mass is 9.91. The highest BCUT2D eigenvalue weighted by Gasteiger charge is 2.37. The Morgan fingerprint density at radius 3 is 1.77 bits per heavy atom. The van der Waals surface area contributed by atoms with E-state index < -0.39 is 71.9 Å². The third kappa shape index (κ3) is 4.60. The quantitative estimate of drug-likeness (QED) is 0.291. The van der Waals surface area contributed by atoms with E-state index in [2.05, 4.69) is 0 Å². The zero-order valence-electron chi connectivity index (χ0n) is 25.3. The SMILES string of the molecule is [2H]C([2H])([2H])c1cc(C)c(-c2cc(C([2H])([2H])[2H])c(C([2H])([2H])[2H])c[n+]2C)cc1-c1cc(C(F)(F)F)cc(C(F)(F)F)c1. The van der Waals surface area contributed by atoms with Crippen molar-refractivity contribution >= 4 is 0 Å². The van der Waals surface area contributed by atoms with Crippen molar-refractivity contribution in [2.45, 2.75) is 39.8 Å². The molecule has 0 atom stereocenters. The molecule has 164 valence electrons. The van der Waals surface area contributed by atoms with Crippen LogP contribution in [0.2, 0.25) is 0 Å². The van der Waals surface area contributed by atoms with Gasteiger partial charge in [0.2, 0.25) is 5.69 Å². The molecule has 1 aromatic heterocycles. The second-order valence-electron chi connectivity index (χ2n) is 7.10. The van der Waals surface area contributed by atoms with E-state index in [1.165, 1.54) is 18.5 Å². The Hall–Kier alpha value is -2.83. The predicted octanol–water partition coefficient (Wildman–Crippen LogP) is 7.12. The molecule has 0 aliphatic heterocycles. The zero-order chi connectivity index (χ0) is 30.8. The molecule has 0 aliphatic carbocycles. The van der Waals surface area contributed by atoms with Gasteiger partial charge >= 0.3 is 12.4 Å². The van der Waals surface area contributed by atoms with Gasteiger partial charge < -0.3 is 0 Å². The molecule has 0 unspecified atom stereocenters. The molecule has 31 heavy (non-hydrogen) atoms. The van der Waals surface area contributed by atoms with Gasteiger partial charge in [0.15, 0.2) is 6.20 Å². The van der Waals surface area contributed by atoms with Crippen LogP contribution in [0, 0.1) is 27.5 Å². The van der Waals surface area contributed by atoms with Gasteiger partial charge in [0.05, 0.1) is 11.1 Å². The third-order valence-electron chi connectivity index (χ3n) is 4.81. The molecule has 7 heteroatoms. The fourth-order valence-electron chi connectivity index (χ4n) is 3.25. The summed E-state index contributed by atoms with van der Waals surface area (Å²) in [6, 6.07) is 3.93. The van der Waals surface area contributed by atoms with Crippen molar-refractivity contribution in [3.8, 4) is 22.4 Å². The lowest BCUT2D eigenvalue weighted by molar-refractivity contribution is -0.660. The van der Waals surface area contributed by atoms with E-state index in [9.17, 15) is 26.3 Å². The number of aromatic nitrogens is 1. The second kappa shape index (κ2) is 7.70. The van der Waals surface area contributed by atoms with Gasteiger partial charge in [-0.05, 0) is 79.6 Å². The Balaban J connectivity index is 2.47. The first-order chi connectivity index (χ1) is 17.8. The number of pyridine rings is 1. The normalized spacial score (nSPS) is 17.9. The highest BCUT2D eigenvalue weighted by Crippen LogP contribution is 2.40. The molecule has 0 spiro atoms. The Kier molecular flexibility index (Phi) is 3.37. The smallest absolute Gasteiger partial charge is 0.201 e. The monoisotopic (exact) mass is 447 g/mol. The van der Waals surface area contributed by atoms with Gasteiger partial charge in [0.1, 0.15) is 7.05 Å². The number of rotatable bonds is 2. The highest BCUT2D eigenvalue weighted by molar-refractivity contribution is 5.76. The maximum Gasteiger partial charge on any atom is 0.416 e. The minimum atomic E-state index is -5.18. The summed E-state index contributed by atoms with van der Waals surface area (Å²) in [5.74, 6) is 0. The summed E-state index contributed by atoms with van der Waals surface area (Å²) in [6.45, 7) is -7.25. The molecule has 1 nitrogen and oxygen atoms in total. The summed E-state index contributed by atoms with van der Waals surface area (Å²) >= 11 is 0. The van der Waals surface area contributed by atoms with E-state index in [0.29, 0.717) is 12.1 Å². The Morgan fingerprint density at radius 1 is 0.677 bits per heavy atom. The number of hydrogen-bond acceptors (Lipinski definition) is 0. The van der Waals surface area contributed by atoms with Crippen molar-refractivity contribution in [1.29, 1.82) is 0 Å². The average molecular weight is 447 g/mol. The number of nitrogens with zero attached hydrogens (tertiary/aromatic N) is 1. The van der Waals surface area contributed by atoms with Crippen LogP contribution in [0.3, 0.4) is 0 Å². The van der Waals surface area contributed by atoms with Gasteiger partial charge in [-0.1, -0.05) is 6.07 Å². The molecule has 0 saturated heterocycles. The van der Waals surface area contributed by atoms with Crippen molar-refractivity contribution in [3.05, 3.63) is 76.0 Å². The molecule has 2 aromatic carbocycles. The minimum Gasteiger partial charge on any atom is -0.201 e. The number of aryl methyl sites for hydroxylation is 5. The van der Waals surface area contributed by atoms with Gasteiger partial charge in [-0.2, -0.15) is 26.3 Å². The predicted molar refractivity (Wildman–Crippen MR) is 107 cm³/mol. The molecule has 0 radical (unpaired) electrons. The van der Waals surface area contributed by atoms with Crippen LogP contribution in [-0.2, 0) is 19.4 Å². The number of alkyl halides is 6. The van der Waals surface area contributed by atoms with E-state index in [1.54, 1.807) is 0 Å². The lowest BCUT2D eigenvalue weighted by Crippen LogP contribution is -2.31. The number of hydrogen-bond donors (Lipinski definition) is 0. The highest BCUT2D eigenvalue weighted by atomic mass is 19.4. The van der Waals surface area contributed by atoms with Crippen molar-refractivity contribution in [1.82, 2.24) is 0 Å². The maximum absolute atomic E-state index is 13.6. The summed E-state index contributed by atoms with van der Waals surface area (Å²) in [4.78, 5) is 0. The summed E-state index contributed by atoms with van der Waals surface area (Å²) in [5, 5.41) is 0. The standard InChI is InChI=1S/C24H22F6N/c1-13-7-22(31(5)12-16(13)4)21-11-20(14(2)6-15(21)3)17-8-18(23(25,26)27)10-19(9-17)24(28,29)30/h6-12H,1-5H3/q+1/i1D3,2D3,4D3. The first-order valence-electron chi connectivity index (χ1n) is 13.3. The van der Waals surface area contributed by atoms with Crippen LogP contribution in [-0.4, -0.2) is 0 Å². The van der Waals surface area contributed by atoms with Crippen molar-refractivity contribution < 1.29 is 43.2 Å². The molecule has 1 heterocycles. The van der Waals surface area contributed by atoms with Crippen LogP contribution in [0.1, 0.15) is 45.7 Å².